The summed E-state index contributed by atoms with van der Waals surface area (Å²) in [5.41, 5.74) is 0.0900. The number of benzene rings is 2. The van der Waals surface area contributed by atoms with Crippen LogP contribution >= 0.6 is 11.6 Å². The monoisotopic (exact) mass is 495 g/mol. The van der Waals surface area contributed by atoms with E-state index in [1.807, 2.05) is 20.8 Å². The molecule has 0 radical (unpaired) electrons. The van der Waals surface area contributed by atoms with Crippen LogP contribution in [0.5, 0.6) is 0 Å². The van der Waals surface area contributed by atoms with Gasteiger partial charge in [-0.25, -0.2) is 13.9 Å². The lowest BCUT2D eigenvalue weighted by atomic mass is 10.1. The Hall–Kier alpha value is -3.72. The summed E-state index contributed by atoms with van der Waals surface area (Å²) in [5.74, 6) is -0.502. The average molecular weight is 496 g/mol. The van der Waals surface area contributed by atoms with Crippen LogP contribution in [0.1, 0.15) is 54.3 Å². The molecule has 0 aliphatic rings. The Morgan fingerprint density at radius 3 is 2.40 bits per heavy atom. The van der Waals surface area contributed by atoms with E-state index >= 15 is 0 Å². The van der Waals surface area contributed by atoms with Crippen LogP contribution in [0.25, 0.3) is 16.7 Å². The second-order valence-electron chi connectivity index (χ2n) is 8.48. The lowest BCUT2D eigenvalue weighted by Gasteiger charge is -2.13. The summed E-state index contributed by atoms with van der Waals surface area (Å²) >= 11 is 5.90. The molecule has 0 saturated carbocycles. The molecule has 182 valence electrons. The number of nitrogens with zero attached hydrogens (tertiary/aromatic N) is 4. The van der Waals surface area contributed by atoms with Gasteiger partial charge in [0.25, 0.3) is 11.5 Å². The van der Waals surface area contributed by atoms with Gasteiger partial charge in [-0.15, -0.1) is 5.10 Å². The summed E-state index contributed by atoms with van der Waals surface area (Å²) in [7, 11) is 0. The number of hydrogen-bond acceptors (Lipinski definition) is 5. The number of fused-ring (bicyclic) bond motifs is 3. The molecule has 0 aliphatic heterocycles. The van der Waals surface area contributed by atoms with E-state index in [0.29, 0.717) is 29.1 Å². The van der Waals surface area contributed by atoms with Crippen LogP contribution in [0, 0.1) is 0 Å². The molecular formula is C25H26ClN5O4. The zero-order chi connectivity index (χ0) is 25.3. The number of nitrogens with one attached hydrogen (secondary N) is 1. The first-order chi connectivity index (χ1) is 16.7. The van der Waals surface area contributed by atoms with E-state index in [-0.39, 0.29) is 46.5 Å². The van der Waals surface area contributed by atoms with E-state index in [1.165, 1.54) is 15.0 Å². The highest BCUT2D eigenvalue weighted by molar-refractivity contribution is 6.30. The fraction of sp³-hybridized carbons (Fsp3) is 0.320. The fourth-order valence-corrected chi connectivity index (χ4v) is 3.98. The van der Waals surface area contributed by atoms with Crippen molar-refractivity contribution in [3.63, 3.8) is 0 Å². The number of ketones is 1. The molecule has 4 aromatic rings. The number of aromatic nitrogens is 4. The molecule has 2 aromatic heterocycles. The van der Waals surface area contributed by atoms with Crippen molar-refractivity contribution in [3.8, 4) is 0 Å². The van der Waals surface area contributed by atoms with Crippen LogP contribution in [-0.4, -0.2) is 36.5 Å². The van der Waals surface area contributed by atoms with Crippen molar-refractivity contribution in [2.75, 3.05) is 0 Å². The summed E-state index contributed by atoms with van der Waals surface area (Å²) in [6.07, 6.45) is 1.40. The van der Waals surface area contributed by atoms with Gasteiger partial charge in [0.15, 0.2) is 5.78 Å². The highest BCUT2D eigenvalue weighted by atomic mass is 35.5. The first-order valence-electron chi connectivity index (χ1n) is 11.5. The van der Waals surface area contributed by atoms with Gasteiger partial charge in [-0.3, -0.25) is 19.0 Å². The van der Waals surface area contributed by atoms with E-state index in [9.17, 15) is 19.2 Å². The van der Waals surface area contributed by atoms with Crippen molar-refractivity contribution in [3.05, 3.63) is 79.5 Å². The maximum Gasteiger partial charge on any atom is 0.352 e. The Kier molecular flexibility index (Phi) is 6.88. The predicted molar refractivity (Wildman–Crippen MR) is 135 cm³/mol. The first kappa shape index (κ1) is 24.4. The molecule has 0 spiro atoms. The minimum Gasteiger partial charge on any atom is -0.350 e. The summed E-state index contributed by atoms with van der Waals surface area (Å²) in [5, 5.41) is 8.02. The Labute approximate surface area is 205 Å². The predicted octanol–water partition coefficient (Wildman–Crippen LogP) is 3.29. The van der Waals surface area contributed by atoms with Gasteiger partial charge in [-0.05, 0) is 62.2 Å². The molecule has 0 bridgehead atoms. The Balaban J connectivity index is 1.89. The number of aryl methyl sites for hydroxylation is 1. The SMILES string of the molecule is CCCn1c(=O)c2ccc(C(=O)NC(C)CC)cc2n2c(=O)n(CC(=O)c3ccc(Cl)cc3)nc12. The number of carbonyl (C=O) groups is 2. The zero-order valence-corrected chi connectivity index (χ0v) is 20.5. The molecule has 4 rings (SSSR count). The minimum absolute atomic E-state index is 0.0277. The van der Waals surface area contributed by atoms with Gasteiger partial charge in [0, 0.05) is 28.7 Å². The second-order valence-corrected chi connectivity index (χ2v) is 8.91. The highest BCUT2D eigenvalue weighted by Gasteiger charge is 2.20. The summed E-state index contributed by atoms with van der Waals surface area (Å²) in [4.78, 5) is 52.2. The average Bonchev–Trinajstić information content (AvgIpc) is 3.17. The molecule has 0 saturated heterocycles. The molecule has 1 unspecified atom stereocenters. The summed E-state index contributed by atoms with van der Waals surface area (Å²) < 4.78 is 3.76. The maximum atomic E-state index is 13.4. The third kappa shape index (κ3) is 4.64. The maximum absolute atomic E-state index is 13.4. The van der Waals surface area contributed by atoms with Crippen LogP contribution in [0.15, 0.2) is 52.1 Å². The lowest BCUT2D eigenvalue weighted by Crippen LogP contribution is -2.32. The third-order valence-electron chi connectivity index (χ3n) is 5.94. The Morgan fingerprint density at radius 1 is 1.06 bits per heavy atom. The van der Waals surface area contributed by atoms with E-state index in [1.54, 1.807) is 36.4 Å². The van der Waals surface area contributed by atoms with Crippen LogP contribution in [-0.2, 0) is 13.1 Å². The molecule has 1 atom stereocenters. The van der Waals surface area contributed by atoms with E-state index < -0.39 is 5.69 Å². The van der Waals surface area contributed by atoms with Gasteiger partial charge in [0.1, 0.15) is 6.54 Å². The van der Waals surface area contributed by atoms with E-state index in [2.05, 4.69) is 10.4 Å². The normalized spacial score (nSPS) is 12.2. The van der Waals surface area contributed by atoms with Crippen molar-refractivity contribution in [1.82, 2.24) is 24.1 Å². The minimum atomic E-state index is -0.573. The number of carbonyl (C=O) groups excluding carboxylic acids is 2. The highest BCUT2D eigenvalue weighted by Crippen LogP contribution is 2.15. The quantitative estimate of drug-likeness (QED) is 0.377. The number of Topliss-reactive ketones (excluding diaryl/α,β-unsaturated/α-hetero) is 1. The largest absolute Gasteiger partial charge is 0.352 e. The van der Waals surface area contributed by atoms with Gasteiger partial charge in [0.2, 0.25) is 5.78 Å². The zero-order valence-electron chi connectivity index (χ0n) is 19.7. The van der Waals surface area contributed by atoms with Crippen LogP contribution in [0.4, 0.5) is 0 Å². The third-order valence-corrected chi connectivity index (χ3v) is 6.19. The molecule has 2 aromatic carbocycles. The Morgan fingerprint density at radius 2 is 1.74 bits per heavy atom. The molecule has 2 heterocycles. The topological polar surface area (TPSA) is 107 Å². The second kappa shape index (κ2) is 9.87. The van der Waals surface area contributed by atoms with Crippen LogP contribution in [0.3, 0.4) is 0 Å². The summed E-state index contributed by atoms with van der Waals surface area (Å²) in [6, 6.07) is 11.0. The number of hydrogen-bond donors (Lipinski definition) is 1. The fourth-order valence-electron chi connectivity index (χ4n) is 3.86. The number of halogens is 1. The van der Waals surface area contributed by atoms with Gasteiger partial charge >= 0.3 is 5.69 Å². The van der Waals surface area contributed by atoms with Crippen molar-refractivity contribution in [2.24, 2.45) is 0 Å². The number of rotatable bonds is 8. The molecule has 0 fully saturated rings. The molecule has 10 heteroatoms. The molecular weight excluding hydrogens is 470 g/mol. The van der Waals surface area contributed by atoms with Crippen molar-refractivity contribution < 1.29 is 9.59 Å². The molecule has 9 nitrogen and oxygen atoms in total. The molecule has 0 aliphatic carbocycles. The molecule has 1 N–H and O–H groups in total. The molecule has 35 heavy (non-hydrogen) atoms. The standard InChI is InChI=1S/C25H26ClN5O4/c1-4-12-29-23(34)19-11-8-17(22(33)27-15(3)5-2)13-20(19)31-24(29)28-30(25(31)35)14-21(32)16-6-9-18(26)10-7-16/h6-11,13,15H,4-5,12,14H2,1-3H3,(H,27,33). The van der Waals surface area contributed by atoms with Crippen molar-refractivity contribution >= 4 is 40.0 Å². The Bertz CT molecular complexity index is 1550. The van der Waals surface area contributed by atoms with Gasteiger partial charge in [0.05, 0.1) is 10.9 Å². The lowest BCUT2D eigenvalue weighted by molar-refractivity contribution is 0.0937. The number of amides is 1. The van der Waals surface area contributed by atoms with E-state index in [4.69, 9.17) is 11.6 Å². The van der Waals surface area contributed by atoms with Crippen LogP contribution in [0.2, 0.25) is 5.02 Å². The van der Waals surface area contributed by atoms with Gasteiger partial charge < -0.3 is 5.32 Å². The van der Waals surface area contributed by atoms with Crippen LogP contribution < -0.4 is 16.6 Å². The van der Waals surface area contributed by atoms with Gasteiger partial charge in [-0.2, -0.15) is 0 Å². The summed E-state index contributed by atoms with van der Waals surface area (Å²) in [6.45, 7) is 5.81. The molecule has 1 amide bonds. The van der Waals surface area contributed by atoms with E-state index in [0.717, 1.165) is 11.1 Å². The van der Waals surface area contributed by atoms with Gasteiger partial charge in [-0.1, -0.05) is 25.4 Å². The first-order valence-corrected chi connectivity index (χ1v) is 11.9. The van der Waals surface area contributed by atoms with Crippen molar-refractivity contribution in [1.29, 1.82) is 0 Å². The smallest absolute Gasteiger partial charge is 0.350 e. The van der Waals surface area contributed by atoms with Crippen molar-refractivity contribution in [2.45, 2.75) is 52.7 Å².